The first-order valence-electron chi connectivity index (χ1n) is 10.0. The van der Waals surface area contributed by atoms with Crippen LogP contribution in [0.4, 0.5) is 5.13 Å². The maximum absolute atomic E-state index is 12.9. The molecular formula is C24H17N3O4S2. The Kier molecular flexibility index (Phi) is 5.72. The van der Waals surface area contributed by atoms with Crippen molar-refractivity contribution in [1.29, 1.82) is 0 Å². The van der Waals surface area contributed by atoms with Gasteiger partial charge in [-0.2, -0.15) is 0 Å². The van der Waals surface area contributed by atoms with Gasteiger partial charge in [0.1, 0.15) is 5.52 Å². The molecule has 9 heteroatoms. The highest BCUT2D eigenvalue weighted by Gasteiger charge is 2.23. The highest BCUT2D eigenvalue weighted by molar-refractivity contribution is 7.16. The Hall–Kier alpha value is -3.82. The molecule has 0 saturated carbocycles. The van der Waals surface area contributed by atoms with E-state index in [2.05, 4.69) is 15.3 Å². The maximum atomic E-state index is 12.9. The second kappa shape index (κ2) is 8.97. The second-order valence-electron chi connectivity index (χ2n) is 7.08. The number of esters is 1. The predicted octanol–water partition coefficient (Wildman–Crippen LogP) is 5.86. The summed E-state index contributed by atoms with van der Waals surface area (Å²) in [7, 11) is 0. The number of anilines is 1. The van der Waals surface area contributed by atoms with Crippen LogP contribution in [0.15, 0.2) is 75.8 Å². The van der Waals surface area contributed by atoms with Gasteiger partial charge in [0.25, 0.3) is 5.91 Å². The molecule has 3 aromatic heterocycles. The van der Waals surface area contributed by atoms with Crippen molar-refractivity contribution in [2.24, 2.45) is 0 Å². The summed E-state index contributed by atoms with van der Waals surface area (Å²) in [4.78, 5) is 35.4. The van der Waals surface area contributed by atoms with Crippen LogP contribution in [0.1, 0.15) is 17.3 Å². The van der Waals surface area contributed by atoms with E-state index in [9.17, 15) is 9.59 Å². The summed E-state index contributed by atoms with van der Waals surface area (Å²) >= 11 is 2.88. The number of rotatable bonds is 6. The molecule has 164 valence electrons. The largest absolute Gasteiger partial charge is 0.449 e. The maximum Gasteiger partial charge on any atom is 0.339 e. The number of amides is 1. The number of carbonyl (C=O) groups is 2. The minimum absolute atomic E-state index is 0.262. The van der Waals surface area contributed by atoms with Gasteiger partial charge in [0.2, 0.25) is 5.89 Å². The van der Waals surface area contributed by atoms with E-state index >= 15 is 0 Å². The number of aromatic nitrogens is 2. The summed E-state index contributed by atoms with van der Waals surface area (Å²) in [5.41, 5.74) is 2.86. The van der Waals surface area contributed by atoms with Gasteiger partial charge in [-0.3, -0.25) is 10.1 Å². The van der Waals surface area contributed by atoms with Crippen LogP contribution in [0, 0.1) is 0 Å². The van der Waals surface area contributed by atoms with Gasteiger partial charge in [-0.1, -0.05) is 30.3 Å². The molecule has 1 atom stereocenters. The van der Waals surface area contributed by atoms with Gasteiger partial charge in [-0.15, -0.1) is 22.7 Å². The molecule has 0 saturated heterocycles. The summed E-state index contributed by atoms with van der Waals surface area (Å²) in [6, 6.07) is 18.1. The van der Waals surface area contributed by atoms with Crippen LogP contribution in [0.5, 0.6) is 0 Å². The summed E-state index contributed by atoms with van der Waals surface area (Å²) in [5, 5.41) is 6.99. The minimum Gasteiger partial charge on any atom is -0.449 e. The van der Waals surface area contributed by atoms with Crippen molar-refractivity contribution in [3.8, 4) is 22.0 Å². The SMILES string of the molecule is CC(OC(=O)c1ccccc1-c1nc2ccccc2o1)C(=O)Nc1nc(-c2cccs2)cs1. The van der Waals surface area contributed by atoms with Gasteiger partial charge in [-0.25, -0.2) is 14.8 Å². The van der Waals surface area contributed by atoms with Crippen molar-refractivity contribution in [2.75, 3.05) is 5.32 Å². The molecule has 0 aliphatic heterocycles. The van der Waals surface area contributed by atoms with Crippen molar-refractivity contribution in [1.82, 2.24) is 9.97 Å². The van der Waals surface area contributed by atoms with Crippen LogP contribution in [0.2, 0.25) is 0 Å². The Morgan fingerprint density at radius 1 is 1.00 bits per heavy atom. The molecule has 0 aliphatic rings. The first-order chi connectivity index (χ1) is 16.1. The standard InChI is InChI=1S/C24H17N3O4S2/c1-14(21(28)27-24-26-18(13-33-24)20-11-6-12-32-20)30-23(29)16-8-3-2-7-15(16)22-25-17-9-4-5-10-19(17)31-22/h2-14H,1H3,(H,26,27,28). The third-order valence-corrected chi connectivity index (χ3v) is 6.48. The van der Waals surface area contributed by atoms with E-state index in [4.69, 9.17) is 9.15 Å². The van der Waals surface area contributed by atoms with Crippen LogP contribution in [-0.2, 0) is 9.53 Å². The number of thiazole rings is 1. The quantitative estimate of drug-likeness (QED) is 0.309. The summed E-state index contributed by atoms with van der Waals surface area (Å²) in [5.74, 6) is -0.798. The topological polar surface area (TPSA) is 94.3 Å². The summed E-state index contributed by atoms with van der Waals surface area (Å²) in [6.45, 7) is 1.52. The molecule has 3 heterocycles. The lowest BCUT2D eigenvalue weighted by atomic mass is 10.1. The zero-order valence-electron chi connectivity index (χ0n) is 17.3. The molecule has 5 aromatic rings. The van der Waals surface area contributed by atoms with Crippen molar-refractivity contribution < 1.29 is 18.7 Å². The van der Waals surface area contributed by atoms with Crippen LogP contribution < -0.4 is 5.32 Å². The van der Waals surface area contributed by atoms with Gasteiger partial charge in [0, 0.05) is 5.38 Å². The molecule has 0 aliphatic carbocycles. The molecule has 33 heavy (non-hydrogen) atoms. The fourth-order valence-corrected chi connectivity index (χ4v) is 4.66. The number of hydrogen-bond donors (Lipinski definition) is 1. The monoisotopic (exact) mass is 475 g/mol. The molecule has 1 amide bonds. The average molecular weight is 476 g/mol. The van der Waals surface area contributed by atoms with Crippen molar-refractivity contribution in [3.63, 3.8) is 0 Å². The van der Waals surface area contributed by atoms with Gasteiger partial charge >= 0.3 is 5.97 Å². The Morgan fingerprint density at radius 3 is 2.64 bits per heavy atom. The Morgan fingerprint density at radius 2 is 1.82 bits per heavy atom. The Labute approximate surface area is 196 Å². The molecular weight excluding hydrogens is 458 g/mol. The first-order valence-corrected chi connectivity index (χ1v) is 11.8. The number of nitrogens with zero attached hydrogens (tertiary/aromatic N) is 2. The zero-order valence-corrected chi connectivity index (χ0v) is 19.0. The van der Waals surface area contributed by atoms with Gasteiger partial charge < -0.3 is 9.15 Å². The molecule has 7 nitrogen and oxygen atoms in total. The van der Waals surface area contributed by atoms with Crippen LogP contribution in [0.3, 0.4) is 0 Å². The summed E-state index contributed by atoms with van der Waals surface area (Å²) in [6.07, 6.45) is -1.02. The van der Waals surface area contributed by atoms with E-state index in [-0.39, 0.29) is 5.56 Å². The fraction of sp³-hybridized carbons (Fsp3) is 0.0833. The van der Waals surface area contributed by atoms with E-state index in [0.717, 1.165) is 10.6 Å². The minimum atomic E-state index is -1.02. The van der Waals surface area contributed by atoms with E-state index in [0.29, 0.717) is 27.7 Å². The highest BCUT2D eigenvalue weighted by Crippen LogP contribution is 2.29. The summed E-state index contributed by atoms with van der Waals surface area (Å²) < 4.78 is 11.2. The van der Waals surface area contributed by atoms with Crippen molar-refractivity contribution in [3.05, 3.63) is 77.0 Å². The number of oxazole rings is 1. The average Bonchev–Trinajstić information content (AvgIpc) is 3.59. The van der Waals surface area contributed by atoms with E-state index < -0.39 is 18.0 Å². The van der Waals surface area contributed by atoms with Crippen LogP contribution >= 0.6 is 22.7 Å². The first kappa shape index (κ1) is 21.0. The molecule has 1 unspecified atom stereocenters. The van der Waals surface area contributed by atoms with Crippen molar-refractivity contribution in [2.45, 2.75) is 13.0 Å². The molecule has 2 aromatic carbocycles. The van der Waals surface area contributed by atoms with Crippen LogP contribution in [0.25, 0.3) is 33.1 Å². The van der Waals surface area contributed by atoms with Crippen molar-refractivity contribution >= 4 is 50.8 Å². The highest BCUT2D eigenvalue weighted by atomic mass is 32.1. The van der Waals surface area contributed by atoms with Gasteiger partial charge in [0.05, 0.1) is 21.7 Å². The molecule has 0 bridgehead atoms. The third-order valence-electron chi connectivity index (χ3n) is 4.83. The van der Waals surface area contributed by atoms with Gasteiger partial charge in [0.15, 0.2) is 16.8 Å². The van der Waals surface area contributed by atoms with Gasteiger partial charge in [-0.05, 0) is 42.6 Å². The van der Waals surface area contributed by atoms with E-state index in [1.165, 1.54) is 18.3 Å². The number of nitrogens with one attached hydrogen (secondary N) is 1. The lowest BCUT2D eigenvalue weighted by Crippen LogP contribution is -2.30. The molecule has 5 rings (SSSR count). The van der Waals surface area contributed by atoms with Crippen LogP contribution in [-0.4, -0.2) is 27.9 Å². The number of hydrogen-bond acceptors (Lipinski definition) is 8. The van der Waals surface area contributed by atoms with E-state index in [1.54, 1.807) is 35.6 Å². The Bertz CT molecular complexity index is 1410. The fourth-order valence-electron chi connectivity index (χ4n) is 3.19. The molecule has 1 N–H and O–H groups in total. The smallest absolute Gasteiger partial charge is 0.339 e. The lowest BCUT2D eigenvalue weighted by Gasteiger charge is -2.13. The molecule has 0 spiro atoms. The second-order valence-corrected chi connectivity index (χ2v) is 8.89. The predicted molar refractivity (Wildman–Crippen MR) is 128 cm³/mol. The molecule has 0 fully saturated rings. The van der Waals surface area contributed by atoms with E-state index in [1.807, 2.05) is 47.2 Å². The molecule has 0 radical (unpaired) electrons. The number of benzene rings is 2. The lowest BCUT2D eigenvalue weighted by molar-refractivity contribution is -0.123. The number of fused-ring (bicyclic) bond motifs is 1. The number of carbonyl (C=O) groups excluding carboxylic acids is 2. The number of para-hydroxylation sites is 2. The normalized spacial score (nSPS) is 11.9. The third kappa shape index (κ3) is 4.41. The number of thiophene rings is 1. The number of ether oxygens (including phenoxy) is 1. The zero-order chi connectivity index (χ0) is 22.8. The Balaban J connectivity index is 1.30.